The van der Waals surface area contributed by atoms with Gasteiger partial charge in [0, 0.05) is 31.7 Å². The number of hydrogen-bond acceptors (Lipinski definition) is 5. The van der Waals surface area contributed by atoms with E-state index in [1.165, 1.54) is 11.1 Å². The Kier molecular flexibility index (Phi) is 5.66. The van der Waals surface area contributed by atoms with Crippen molar-refractivity contribution in [3.63, 3.8) is 0 Å². The summed E-state index contributed by atoms with van der Waals surface area (Å²) in [7, 11) is 0. The van der Waals surface area contributed by atoms with Gasteiger partial charge in [0.25, 0.3) is 5.91 Å². The van der Waals surface area contributed by atoms with E-state index in [1.54, 1.807) is 11.3 Å². The van der Waals surface area contributed by atoms with Crippen LogP contribution in [-0.4, -0.2) is 51.8 Å². The molecule has 170 valence electrons. The van der Waals surface area contributed by atoms with Crippen LogP contribution in [-0.2, 0) is 0 Å². The molecule has 1 amide bonds. The Bertz CT molecular complexity index is 1340. The topological polar surface area (TPSA) is 54.3 Å². The third kappa shape index (κ3) is 4.13. The normalized spacial score (nSPS) is 14.7. The van der Waals surface area contributed by atoms with Gasteiger partial charge in [-0.05, 0) is 63.4 Å². The molecule has 4 aromatic rings. The van der Waals surface area contributed by atoms with Crippen molar-refractivity contribution in [2.75, 3.05) is 31.1 Å². The van der Waals surface area contributed by atoms with E-state index in [4.69, 9.17) is 10.1 Å². The number of hydrogen-bond donors (Lipinski definition) is 0. The quantitative estimate of drug-likeness (QED) is 0.429. The molecule has 7 heteroatoms. The van der Waals surface area contributed by atoms with Crippen LogP contribution in [0.4, 0.5) is 5.13 Å². The van der Waals surface area contributed by atoms with E-state index in [1.807, 2.05) is 35.6 Å². The average Bonchev–Trinajstić information content (AvgIpc) is 3.24. The van der Waals surface area contributed by atoms with Crippen LogP contribution in [0.2, 0.25) is 0 Å². The van der Waals surface area contributed by atoms with Crippen LogP contribution in [0.1, 0.15) is 39.2 Å². The second-order valence-electron chi connectivity index (χ2n) is 8.94. The van der Waals surface area contributed by atoms with Gasteiger partial charge in [0.15, 0.2) is 10.8 Å². The van der Waals surface area contributed by atoms with Gasteiger partial charge in [-0.15, -0.1) is 0 Å². The van der Waals surface area contributed by atoms with Crippen molar-refractivity contribution >= 4 is 32.7 Å². The van der Waals surface area contributed by atoms with Gasteiger partial charge < -0.3 is 9.80 Å². The minimum Gasteiger partial charge on any atom is -0.346 e. The van der Waals surface area contributed by atoms with Crippen LogP contribution >= 0.6 is 11.3 Å². The van der Waals surface area contributed by atoms with Crippen molar-refractivity contribution in [1.82, 2.24) is 19.7 Å². The highest BCUT2D eigenvalue weighted by atomic mass is 32.1. The number of aromatic nitrogens is 3. The maximum atomic E-state index is 13.2. The standard InChI is InChI=1S/C26H29N5OS/c1-17-7-5-8-21(16-17)31-24-23(20(4)28-31)33-26(27-24)30-12-6-11-29(13-14-30)25(32)22-10-9-18(2)15-19(22)3/h5,7-10,15-16H,6,11-14H2,1-4H3. The minimum absolute atomic E-state index is 0.129. The molecule has 3 heterocycles. The highest BCUT2D eigenvalue weighted by Gasteiger charge is 2.24. The molecule has 1 saturated heterocycles. The van der Waals surface area contributed by atoms with E-state index in [0.717, 1.165) is 64.0 Å². The number of nitrogens with zero attached hydrogens (tertiary/aromatic N) is 5. The Morgan fingerprint density at radius 2 is 1.76 bits per heavy atom. The highest BCUT2D eigenvalue weighted by molar-refractivity contribution is 7.22. The van der Waals surface area contributed by atoms with Crippen molar-refractivity contribution < 1.29 is 4.79 Å². The van der Waals surface area contributed by atoms with Gasteiger partial charge in [-0.2, -0.15) is 10.1 Å². The van der Waals surface area contributed by atoms with E-state index in [0.29, 0.717) is 6.54 Å². The van der Waals surface area contributed by atoms with Gasteiger partial charge in [0.05, 0.1) is 16.1 Å². The van der Waals surface area contributed by atoms with Crippen molar-refractivity contribution in [2.24, 2.45) is 0 Å². The summed E-state index contributed by atoms with van der Waals surface area (Å²) in [6.07, 6.45) is 0.926. The number of carbonyl (C=O) groups excluding carboxylic acids is 1. The first-order chi connectivity index (χ1) is 15.9. The van der Waals surface area contributed by atoms with Gasteiger partial charge >= 0.3 is 0 Å². The van der Waals surface area contributed by atoms with Crippen molar-refractivity contribution in [2.45, 2.75) is 34.1 Å². The fraction of sp³-hybridized carbons (Fsp3) is 0.346. The number of thiazole rings is 1. The molecule has 0 unspecified atom stereocenters. The van der Waals surface area contributed by atoms with E-state index >= 15 is 0 Å². The van der Waals surface area contributed by atoms with E-state index in [9.17, 15) is 4.79 Å². The molecular weight excluding hydrogens is 430 g/mol. The summed E-state index contributed by atoms with van der Waals surface area (Å²) < 4.78 is 3.07. The largest absolute Gasteiger partial charge is 0.346 e. The van der Waals surface area contributed by atoms with E-state index in [2.05, 4.69) is 49.1 Å². The maximum Gasteiger partial charge on any atom is 0.254 e. The molecule has 33 heavy (non-hydrogen) atoms. The van der Waals surface area contributed by atoms with Gasteiger partial charge in [-0.25, -0.2) is 4.68 Å². The lowest BCUT2D eigenvalue weighted by atomic mass is 10.0. The molecule has 0 N–H and O–H groups in total. The zero-order chi connectivity index (χ0) is 23.1. The smallest absolute Gasteiger partial charge is 0.254 e. The predicted octanol–water partition coefficient (Wildman–Crippen LogP) is 5.07. The molecule has 5 rings (SSSR count). The molecule has 1 aliphatic heterocycles. The third-order valence-electron chi connectivity index (χ3n) is 6.29. The Balaban J connectivity index is 1.38. The average molecular weight is 460 g/mol. The van der Waals surface area contributed by atoms with Crippen LogP contribution in [0.5, 0.6) is 0 Å². The number of fused-ring (bicyclic) bond motifs is 1. The molecule has 6 nitrogen and oxygen atoms in total. The van der Waals surface area contributed by atoms with Crippen LogP contribution in [0.15, 0.2) is 42.5 Å². The second kappa shape index (κ2) is 8.63. The highest BCUT2D eigenvalue weighted by Crippen LogP contribution is 2.33. The molecule has 0 bridgehead atoms. The van der Waals surface area contributed by atoms with Crippen molar-refractivity contribution in [3.05, 3.63) is 70.4 Å². The summed E-state index contributed by atoms with van der Waals surface area (Å²) in [5, 5.41) is 5.75. The van der Waals surface area contributed by atoms with E-state index < -0.39 is 0 Å². The summed E-state index contributed by atoms with van der Waals surface area (Å²) in [6.45, 7) is 11.4. The summed E-state index contributed by atoms with van der Waals surface area (Å²) in [5.41, 5.74) is 7.17. The van der Waals surface area contributed by atoms with Gasteiger partial charge in [0.2, 0.25) is 0 Å². The first-order valence-electron chi connectivity index (χ1n) is 11.5. The molecule has 0 atom stereocenters. The number of aryl methyl sites for hydroxylation is 4. The minimum atomic E-state index is 0.129. The molecule has 0 saturated carbocycles. The lowest BCUT2D eigenvalue weighted by Crippen LogP contribution is -2.35. The molecule has 0 radical (unpaired) electrons. The van der Waals surface area contributed by atoms with Gasteiger partial charge in [-0.1, -0.05) is 41.2 Å². The summed E-state index contributed by atoms with van der Waals surface area (Å²) in [6, 6.07) is 14.4. The molecule has 0 spiro atoms. The van der Waals surface area contributed by atoms with Gasteiger partial charge in [-0.3, -0.25) is 4.79 Å². The first-order valence-corrected chi connectivity index (χ1v) is 12.3. The number of benzene rings is 2. The monoisotopic (exact) mass is 459 g/mol. The van der Waals surface area contributed by atoms with Crippen LogP contribution in [0.3, 0.4) is 0 Å². The lowest BCUT2D eigenvalue weighted by Gasteiger charge is -2.22. The van der Waals surface area contributed by atoms with Crippen molar-refractivity contribution in [3.8, 4) is 5.69 Å². The Hall–Kier alpha value is -3.19. The van der Waals surface area contributed by atoms with Crippen LogP contribution in [0, 0.1) is 27.7 Å². The zero-order valence-electron chi connectivity index (χ0n) is 19.6. The maximum absolute atomic E-state index is 13.2. The molecule has 1 aliphatic rings. The Morgan fingerprint density at radius 3 is 2.55 bits per heavy atom. The van der Waals surface area contributed by atoms with Crippen LogP contribution in [0.25, 0.3) is 16.0 Å². The number of rotatable bonds is 3. The zero-order valence-corrected chi connectivity index (χ0v) is 20.4. The number of amides is 1. The summed E-state index contributed by atoms with van der Waals surface area (Å²) >= 11 is 1.70. The van der Waals surface area contributed by atoms with Crippen LogP contribution < -0.4 is 4.90 Å². The predicted molar refractivity (Wildman–Crippen MR) is 135 cm³/mol. The Labute approximate surface area is 198 Å². The van der Waals surface area contributed by atoms with Crippen molar-refractivity contribution in [1.29, 1.82) is 0 Å². The second-order valence-corrected chi connectivity index (χ2v) is 9.91. The summed E-state index contributed by atoms with van der Waals surface area (Å²) in [4.78, 5) is 22.5. The molecular formula is C26H29N5OS. The molecule has 0 aliphatic carbocycles. The summed E-state index contributed by atoms with van der Waals surface area (Å²) in [5.74, 6) is 0.129. The molecule has 2 aromatic carbocycles. The van der Waals surface area contributed by atoms with Gasteiger partial charge in [0.1, 0.15) is 0 Å². The number of anilines is 1. The molecule has 2 aromatic heterocycles. The lowest BCUT2D eigenvalue weighted by molar-refractivity contribution is 0.0766. The molecule has 1 fully saturated rings. The fourth-order valence-corrected chi connectivity index (χ4v) is 5.57. The third-order valence-corrected chi connectivity index (χ3v) is 7.50. The number of carbonyl (C=O) groups is 1. The van der Waals surface area contributed by atoms with E-state index in [-0.39, 0.29) is 5.91 Å². The Morgan fingerprint density at radius 1 is 0.939 bits per heavy atom. The SMILES string of the molecule is Cc1cccc(-n2nc(C)c3sc(N4CCCN(C(=O)c5ccc(C)cc5C)CC4)nc32)c1. The fourth-order valence-electron chi connectivity index (χ4n) is 4.53. The first kappa shape index (κ1) is 21.6.